The zero-order chi connectivity index (χ0) is 13.5. The zero-order valence-corrected chi connectivity index (χ0v) is 11.3. The highest BCUT2D eigenvalue weighted by Crippen LogP contribution is 2.42. The third-order valence-electron chi connectivity index (χ3n) is 3.76. The van der Waals surface area contributed by atoms with Crippen LogP contribution in [0.1, 0.15) is 35.7 Å². The Labute approximate surface area is 116 Å². The Bertz CT molecular complexity index is 669. The van der Waals surface area contributed by atoms with Gasteiger partial charge in [0.15, 0.2) is 5.82 Å². The van der Waals surface area contributed by atoms with E-state index in [4.69, 9.17) is 9.72 Å². The van der Waals surface area contributed by atoms with E-state index < -0.39 is 0 Å². The van der Waals surface area contributed by atoms with Crippen LogP contribution in [-0.4, -0.2) is 27.0 Å². The van der Waals surface area contributed by atoms with E-state index in [1.165, 1.54) is 30.4 Å². The number of rotatable bonds is 3. The molecule has 0 unspecified atom stereocenters. The maximum atomic E-state index is 5.14. The number of hydrogen-bond acceptors (Lipinski definition) is 6. The summed E-state index contributed by atoms with van der Waals surface area (Å²) < 4.78 is 5.14. The molecule has 6 heteroatoms. The Hall–Kier alpha value is -2.08. The van der Waals surface area contributed by atoms with Gasteiger partial charge in [-0.1, -0.05) is 0 Å². The molecular formula is C14H15N5O. The molecule has 0 saturated heterocycles. The van der Waals surface area contributed by atoms with Gasteiger partial charge in [0.2, 0.25) is 5.88 Å². The summed E-state index contributed by atoms with van der Waals surface area (Å²) in [5.41, 5.74) is 4.31. The lowest BCUT2D eigenvalue weighted by Gasteiger charge is -2.08. The molecular weight excluding hydrogens is 254 g/mol. The lowest BCUT2D eigenvalue weighted by molar-refractivity contribution is 0.397. The molecule has 1 saturated carbocycles. The summed E-state index contributed by atoms with van der Waals surface area (Å²) in [7, 11) is 1.59. The molecule has 4 rings (SSSR count). The van der Waals surface area contributed by atoms with Crippen LogP contribution < -0.4 is 10.1 Å². The van der Waals surface area contributed by atoms with Crippen molar-refractivity contribution in [1.82, 2.24) is 25.3 Å². The van der Waals surface area contributed by atoms with Crippen molar-refractivity contribution in [3.63, 3.8) is 0 Å². The van der Waals surface area contributed by atoms with E-state index in [0.29, 0.717) is 23.3 Å². The molecule has 1 aliphatic carbocycles. The Morgan fingerprint density at radius 2 is 2.10 bits per heavy atom. The standard InChI is InChI=1S/C14H15N5O/c1-20-12-4-10(16-7-17-12)14-18-11-6-15-5-9(11)13(19-14)8-2-3-8/h4,7-8,15H,2-3,5-6H2,1H3. The van der Waals surface area contributed by atoms with Crippen molar-refractivity contribution in [2.24, 2.45) is 0 Å². The normalized spacial score (nSPS) is 17.1. The monoisotopic (exact) mass is 269 g/mol. The van der Waals surface area contributed by atoms with Gasteiger partial charge in [0, 0.05) is 30.6 Å². The summed E-state index contributed by atoms with van der Waals surface area (Å²) in [5, 5.41) is 3.35. The van der Waals surface area contributed by atoms with Crippen LogP contribution in [0.3, 0.4) is 0 Å². The molecule has 102 valence electrons. The SMILES string of the molecule is COc1cc(-c2nc3c(c(C4CC4)n2)CNC3)ncn1. The number of nitrogens with one attached hydrogen (secondary N) is 1. The van der Waals surface area contributed by atoms with Crippen LogP contribution >= 0.6 is 0 Å². The van der Waals surface area contributed by atoms with Crippen molar-refractivity contribution < 1.29 is 4.74 Å². The summed E-state index contributed by atoms with van der Waals surface area (Å²) in [5.74, 6) is 1.81. The van der Waals surface area contributed by atoms with E-state index in [1.54, 1.807) is 13.2 Å². The number of fused-ring (bicyclic) bond motifs is 1. The van der Waals surface area contributed by atoms with Gasteiger partial charge in [0.1, 0.15) is 12.0 Å². The van der Waals surface area contributed by atoms with Crippen LogP contribution in [0.4, 0.5) is 0 Å². The Morgan fingerprint density at radius 1 is 1.20 bits per heavy atom. The average molecular weight is 269 g/mol. The van der Waals surface area contributed by atoms with Crippen LogP contribution in [0.2, 0.25) is 0 Å². The highest BCUT2D eigenvalue weighted by atomic mass is 16.5. The smallest absolute Gasteiger partial charge is 0.216 e. The van der Waals surface area contributed by atoms with Gasteiger partial charge >= 0.3 is 0 Å². The van der Waals surface area contributed by atoms with Crippen LogP contribution in [0.25, 0.3) is 11.5 Å². The van der Waals surface area contributed by atoms with Crippen molar-refractivity contribution in [3.05, 3.63) is 29.3 Å². The molecule has 0 spiro atoms. The first-order chi connectivity index (χ1) is 9.85. The van der Waals surface area contributed by atoms with Gasteiger partial charge in [-0.05, 0) is 12.8 Å². The maximum absolute atomic E-state index is 5.14. The first-order valence-electron chi connectivity index (χ1n) is 6.82. The summed E-state index contributed by atoms with van der Waals surface area (Å²) >= 11 is 0. The van der Waals surface area contributed by atoms with Gasteiger partial charge in [-0.15, -0.1) is 0 Å². The van der Waals surface area contributed by atoms with Gasteiger partial charge in [-0.3, -0.25) is 0 Å². The molecule has 6 nitrogen and oxygen atoms in total. The number of hydrogen-bond donors (Lipinski definition) is 1. The topological polar surface area (TPSA) is 72.8 Å². The lowest BCUT2D eigenvalue weighted by Crippen LogP contribution is -2.04. The molecule has 0 atom stereocenters. The highest BCUT2D eigenvalue weighted by Gasteiger charge is 2.31. The second-order valence-electron chi connectivity index (χ2n) is 5.18. The van der Waals surface area contributed by atoms with E-state index in [0.717, 1.165) is 18.8 Å². The molecule has 20 heavy (non-hydrogen) atoms. The lowest BCUT2D eigenvalue weighted by atomic mass is 10.1. The Kier molecular flexibility index (Phi) is 2.63. The van der Waals surface area contributed by atoms with Crippen molar-refractivity contribution in [2.75, 3.05) is 7.11 Å². The molecule has 2 aromatic rings. The fourth-order valence-electron chi connectivity index (χ4n) is 2.58. The molecule has 3 heterocycles. The van der Waals surface area contributed by atoms with E-state index in [2.05, 4.69) is 20.3 Å². The second-order valence-corrected chi connectivity index (χ2v) is 5.18. The fraction of sp³-hybridized carbons (Fsp3) is 0.429. The number of aromatic nitrogens is 4. The Balaban J connectivity index is 1.83. The van der Waals surface area contributed by atoms with E-state index in [-0.39, 0.29) is 0 Å². The third kappa shape index (κ3) is 1.92. The Morgan fingerprint density at radius 3 is 2.90 bits per heavy atom. The van der Waals surface area contributed by atoms with Gasteiger partial charge in [-0.2, -0.15) is 0 Å². The van der Waals surface area contributed by atoms with E-state index >= 15 is 0 Å². The van der Waals surface area contributed by atoms with Crippen LogP contribution in [0, 0.1) is 0 Å². The van der Waals surface area contributed by atoms with Gasteiger partial charge in [0.05, 0.1) is 18.5 Å². The van der Waals surface area contributed by atoms with Gasteiger partial charge < -0.3 is 10.1 Å². The summed E-state index contributed by atoms with van der Waals surface area (Å²) in [6, 6.07) is 1.78. The quantitative estimate of drug-likeness (QED) is 0.908. The molecule has 0 amide bonds. The molecule has 2 aromatic heterocycles. The number of ether oxygens (including phenoxy) is 1. The zero-order valence-electron chi connectivity index (χ0n) is 11.3. The second kappa shape index (κ2) is 4.49. The van der Waals surface area contributed by atoms with Gasteiger partial charge in [0.25, 0.3) is 0 Å². The summed E-state index contributed by atoms with van der Waals surface area (Å²) in [4.78, 5) is 17.7. The summed E-state index contributed by atoms with van der Waals surface area (Å²) in [6.45, 7) is 1.70. The van der Waals surface area contributed by atoms with E-state index in [1.807, 2.05) is 0 Å². The number of methoxy groups -OCH3 is 1. The number of nitrogens with zero attached hydrogens (tertiary/aromatic N) is 4. The maximum Gasteiger partial charge on any atom is 0.216 e. The minimum absolute atomic E-state index is 0.533. The molecule has 1 fully saturated rings. The average Bonchev–Trinajstić information content (AvgIpc) is 3.23. The largest absolute Gasteiger partial charge is 0.481 e. The third-order valence-corrected chi connectivity index (χ3v) is 3.76. The van der Waals surface area contributed by atoms with Crippen LogP contribution in [-0.2, 0) is 13.1 Å². The predicted octanol–water partition coefficient (Wildman–Crippen LogP) is 1.42. The highest BCUT2D eigenvalue weighted by molar-refractivity contribution is 5.52. The minimum atomic E-state index is 0.533. The minimum Gasteiger partial charge on any atom is -0.481 e. The first-order valence-corrected chi connectivity index (χ1v) is 6.82. The van der Waals surface area contributed by atoms with Gasteiger partial charge in [-0.25, -0.2) is 19.9 Å². The molecule has 0 aromatic carbocycles. The summed E-state index contributed by atoms with van der Waals surface area (Å²) in [6.07, 6.45) is 3.95. The fourth-order valence-corrected chi connectivity index (χ4v) is 2.58. The van der Waals surface area contributed by atoms with Crippen molar-refractivity contribution >= 4 is 0 Å². The van der Waals surface area contributed by atoms with Crippen LogP contribution in [0.5, 0.6) is 5.88 Å². The molecule has 0 radical (unpaired) electrons. The van der Waals surface area contributed by atoms with E-state index in [9.17, 15) is 0 Å². The molecule has 0 bridgehead atoms. The van der Waals surface area contributed by atoms with Crippen LogP contribution in [0.15, 0.2) is 12.4 Å². The van der Waals surface area contributed by atoms with Crippen molar-refractivity contribution in [2.45, 2.75) is 31.8 Å². The molecule has 1 N–H and O–H groups in total. The molecule has 2 aliphatic rings. The van der Waals surface area contributed by atoms with Crippen molar-refractivity contribution in [1.29, 1.82) is 0 Å². The first kappa shape index (κ1) is 11.7. The molecule has 1 aliphatic heterocycles. The predicted molar refractivity (Wildman–Crippen MR) is 72.1 cm³/mol. The van der Waals surface area contributed by atoms with Crippen molar-refractivity contribution in [3.8, 4) is 17.4 Å².